The van der Waals surface area contributed by atoms with E-state index >= 15 is 0 Å². The van der Waals surface area contributed by atoms with Crippen LogP contribution in [0.25, 0.3) is 0 Å². The zero-order chi connectivity index (χ0) is 15.2. The van der Waals surface area contributed by atoms with Crippen LogP contribution in [0.4, 0.5) is 5.69 Å². The van der Waals surface area contributed by atoms with E-state index in [2.05, 4.69) is 17.2 Å². The van der Waals surface area contributed by atoms with Gasteiger partial charge < -0.3 is 10.4 Å². The third kappa shape index (κ3) is 3.71. The van der Waals surface area contributed by atoms with Crippen LogP contribution in [0.15, 0.2) is 42.5 Å². The Labute approximate surface area is 124 Å². The largest absolute Gasteiger partial charge is 0.384 e. The predicted molar refractivity (Wildman–Crippen MR) is 84.3 cm³/mol. The van der Waals surface area contributed by atoms with E-state index in [4.69, 9.17) is 5.11 Å². The maximum Gasteiger partial charge on any atom is 0.255 e. The molecule has 0 spiro atoms. The third-order valence-corrected chi connectivity index (χ3v) is 3.18. The lowest BCUT2D eigenvalue weighted by molar-refractivity contribution is 0.102. The van der Waals surface area contributed by atoms with E-state index in [0.717, 1.165) is 22.4 Å². The second kappa shape index (κ2) is 6.74. The van der Waals surface area contributed by atoms with Crippen molar-refractivity contribution in [3.05, 3.63) is 64.7 Å². The number of hydrogen-bond acceptors (Lipinski definition) is 2. The van der Waals surface area contributed by atoms with Gasteiger partial charge in [0.15, 0.2) is 0 Å². The lowest BCUT2D eigenvalue weighted by Gasteiger charge is -2.09. The summed E-state index contributed by atoms with van der Waals surface area (Å²) in [4.78, 5) is 12.3. The summed E-state index contributed by atoms with van der Waals surface area (Å²) in [7, 11) is 0. The normalized spacial score (nSPS) is 9.67. The van der Waals surface area contributed by atoms with Gasteiger partial charge in [0.2, 0.25) is 0 Å². The second-order valence-electron chi connectivity index (χ2n) is 4.76. The summed E-state index contributed by atoms with van der Waals surface area (Å²) in [5.74, 6) is 5.32. The number of aliphatic hydroxyl groups is 1. The Balaban J connectivity index is 2.21. The first-order valence-corrected chi connectivity index (χ1v) is 6.69. The molecule has 0 bridgehead atoms. The molecule has 0 radical (unpaired) electrons. The van der Waals surface area contributed by atoms with Crippen LogP contribution in [0.5, 0.6) is 0 Å². The molecule has 0 aromatic heterocycles. The standard InChI is InChI=1S/C18H17NO2/c1-13-6-3-4-8-17(13)19-18(21)16-10-9-15(7-5-11-20)14(2)12-16/h3-4,6,8-10,12,20H,11H2,1-2H3,(H,19,21). The van der Waals surface area contributed by atoms with Gasteiger partial charge in [-0.2, -0.15) is 0 Å². The minimum atomic E-state index is -0.172. The molecule has 0 fully saturated rings. The van der Waals surface area contributed by atoms with Crippen LogP contribution in [0.2, 0.25) is 0 Å². The summed E-state index contributed by atoms with van der Waals surface area (Å²) >= 11 is 0. The van der Waals surface area contributed by atoms with E-state index < -0.39 is 0 Å². The lowest BCUT2D eigenvalue weighted by atomic mass is 10.0. The fourth-order valence-electron chi connectivity index (χ4n) is 1.99. The van der Waals surface area contributed by atoms with Crippen LogP contribution < -0.4 is 5.32 Å². The Kier molecular flexibility index (Phi) is 4.76. The summed E-state index contributed by atoms with van der Waals surface area (Å²) in [5, 5.41) is 11.6. The number of hydrogen-bond donors (Lipinski definition) is 2. The Morgan fingerprint density at radius 1 is 1.14 bits per heavy atom. The molecule has 0 unspecified atom stereocenters. The molecule has 3 nitrogen and oxygen atoms in total. The first-order valence-electron chi connectivity index (χ1n) is 6.69. The highest BCUT2D eigenvalue weighted by Gasteiger charge is 2.08. The maximum absolute atomic E-state index is 12.3. The molecule has 0 saturated carbocycles. The molecular formula is C18H17NO2. The van der Waals surface area contributed by atoms with Gasteiger partial charge in [-0.15, -0.1) is 0 Å². The van der Waals surface area contributed by atoms with E-state index in [1.165, 1.54) is 0 Å². The number of amides is 1. The molecule has 0 saturated heterocycles. The predicted octanol–water partition coefficient (Wildman–Crippen LogP) is 2.90. The second-order valence-corrected chi connectivity index (χ2v) is 4.76. The van der Waals surface area contributed by atoms with Gasteiger partial charge in [-0.3, -0.25) is 4.79 Å². The lowest BCUT2D eigenvalue weighted by Crippen LogP contribution is -2.13. The van der Waals surface area contributed by atoms with Gasteiger partial charge >= 0.3 is 0 Å². The van der Waals surface area contributed by atoms with Crippen molar-refractivity contribution in [1.82, 2.24) is 0 Å². The van der Waals surface area contributed by atoms with Gasteiger partial charge in [-0.1, -0.05) is 30.0 Å². The number of aryl methyl sites for hydroxylation is 2. The molecule has 0 aliphatic rings. The first kappa shape index (κ1) is 14.8. The number of nitrogens with one attached hydrogen (secondary N) is 1. The number of anilines is 1. The number of aliphatic hydroxyl groups excluding tert-OH is 1. The number of para-hydroxylation sites is 1. The van der Waals surface area contributed by atoms with E-state index in [-0.39, 0.29) is 12.5 Å². The van der Waals surface area contributed by atoms with Crippen molar-refractivity contribution in [3.8, 4) is 11.8 Å². The highest BCUT2D eigenvalue weighted by Crippen LogP contribution is 2.16. The molecule has 0 aliphatic carbocycles. The van der Waals surface area contributed by atoms with Crippen molar-refractivity contribution in [2.75, 3.05) is 11.9 Å². The molecule has 2 N–H and O–H groups in total. The monoisotopic (exact) mass is 279 g/mol. The molecule has 21 heavy (non-hydrogen) atoms. The van der Waals surface area contributed by atoms with Gasteiger partial charge in [-0.25, -0.2) is 0 Å². The molecule has 1 amide bonds. The Hall–Kier alpha value is -2.57. The minimum absolute atomic E-state index is 0.144. The smallest absolute Gasteiger partial charge is 0.255 e. The quantitative estimate of drug-likeness (QED) is 0.830. The molecule has 2 aromatic rings. The van der Waals surface area contributed by atoms with Crippen LogP contribution in [0.3, 0.4) is 0 Å². The van der Waals surface area contributed by atoms with Crippen LogP contribution in [-0.2, 0) is 0 Å². The van der Waals surface area contributed by atoms with Crippen molar-refractivity contribution >= 4 is 11.6 Å². The van der Waals surface area contributed by atoms with Crippen molar-refractivity contribution < 1.29 is 9.90 Å². The molecule has 0 aliphatic heterocycles. The zero-order valence-corrected chi connectivity index (χ0v) is 12.1. The minimum Gasteiger partial charge on any atom is -0.384 e. The zero-order valence-electron chi connectivity index (χ0n) is 12.1. The number of carbonyl (C=O) groups excluding carboxylic acids is 1. The van der Waals surface area contributed by atoms with Gasteiger partial charge in [-0.05, 0) is 49.2 Å². The molecule has 0 atom stereocenters. The van der Waals surface area contributed by atoms with Gasteiger partial charge in [0.25, 0.3) is 5.91 Å². The van der Waals surface area contributed by atoms with E-state index in [9.17, 15) is 4.79 Å². The highest BCUT2D eigenvalue weighted by molar-refractivity contribution is 6.04. The number of rotatable bonds is 2. The Bertz CT molecular complexity index is 723. The molecule has 2 rings (SSSR count). The van der Waals surface area contributed by atoms with Crippen LogP contribution in [-0.4, -0.2) is 17.6 Å². The van der Waals surface area contributed by atoms with Crippen LogP contribution in [0, 0.1) is 25.7 Å². The van der Waals surface area contributed by atoms with Gasteiger partial charge in [0.05, 0.1) is 0 Å². The summed E-state index contributed by atoms with van der Waals surface area (Å²) in [6.45, 7) is 3.68. The van der Waals surface area contributed by atoms with Crippen LogP contribution in [0.1, 0.15) is 27.0 Å². The van der Waals surface area contributed by atoms with E-state index in [1.54, 1.807) is 18.2 Å². The third-order valence-electron chi connectivity index (χ3n) is 3.18. The topological polar surface area (TPSA) is 49.3 Å². The highest BCUT2D eigenvalue weighted by atomic mass is 16.2. The van der Waals surface area contributed by atoms with E-state index in [0.29, 0.717) is 5.56 Å². The van der Waals surface area contributed by atoms with Crippen molar-refractivity contribution in [1.29, 1.82) is 0 Å². The first-order chi connectivity index (χ1) is 10.1. The van der Waals surface area contributed by atoms with Gasteiger partial charge in [0, 0.05) is 16.8 Å². The average molecular weight is 279 g/mol. The Morgan fingerprint density at radius 3 is 2.57 bits per heavy atom. The van der Waals surface area contributed by atoms with Crippen LogP contribution >= 0.6 is 0 Å². The SMILES string of the molecule is Cc1cc(C(=O)Nc2ccccc2C)ccc1C#CCO. The molecule has 0 heterocycles. The van der Waals surface area contributed by atoms with E-state index in [1.807, 2.05) is 38.1 Å². The molecule has 106 valence electrons. The summed E-state index contributed by atoms with van der Waals surface area (Å²) in [6, 6.07) is 13.0. The van der Waals surface area contributed by atoms with Gasteiger partial charge in [0.1, 0.15) is 6.61 Å². The van der Waals surface area contributed by atoms with Crippen molar-refractivity contribution in [3.63, 3.8) is 0 Å². The summed E-state index contributed by atoms with van der Waals surface area (Å²) < 4.78 is 0. The number of carbonyl (C=O) groups is 1. The summed E-state index contributed by atoms with van der Waals surface area (Å²) in [5.41, 5.74) is 4.15. The molecule has 3 heteroatoms. The fraction of sp³-hybridized carbons (Fsp3) is 0.167. The maximum atomic E-state index is 12.3. The molecular weight excluding hydrogens is 262 g/mol. The number of benzene rings is 2. The average Bonchev–Trinajstić information content (AvgIpc) is 2.48. The summed E-state index contributed by atoms with van der Waals surface area (Å²) in [6.07, 6.45) is 0. The molecule has 2 aromatic carbocycles. The fourth-order valence-corrected chi connectivity index (χ4v) is 1.99. The Morgan fingerprint density at radius 2 is 1.90 bits per heavy atom. The van der Waals surface area contributed by atoms with Crippen molar-refractivity contribution in [2.45, 2.75) is 13.8 Å². The van der Waals surface area contributed by atoms with Crippen molar-refractivity contribution in [2.24, 2.45) is 0 Å².